The maximum atomic E-state index is 12.0. The van der Waals surface area contributed by atoms with Gasteiger partial charge in [0.1, 0.15) is 0 Å². The fraction of sp³-hybridized carbons (Fsp3) is 0. The van der Waals surface area contributed by atoms with Crippen molar-refractivity contribution in [1.82, 2.24) is 4.98 Å². The largest absolute Gasteiger partial charge is 0.462 e. The number of carbonyl (C=O) groups excluding carboxylic acids is 1. The van der Waals surface area contributed by atoms with E-state index in [4.69, 9.17) is 4.42 Å². The normalized spacial score (nSPS) is 11.1. The van der Waals surface area contributed by atoms with E-state index in [9.17, 15) is 4.79 Å². The van der Waals surface area contributed by atoms with Gasteiger partial charge in [-0.05, 0) is 48.6 Å². The lowest BCUT2D eigenvalue weighted by atomic mass is 10.1. The highest BCUT2D eigenvalue weighted by atomic mass is 79.9. The van der Waals surface area contributed by atoms with Crippen molar-refractivity contribution < 1.29 is 9.21 Å². The zero-order valence-electron chi connectivity index (χ0n) is 10.8. The third kappa shape index (κ3) is 3.37. The summed E-state index contributed by atoms with van der Waals surface area (Å²) in [6.07, 6.45) is 4.86. The van der Waals surface area contributed by atoms with Gasteiger partial charge < -0.3 is 4.42 Å². The second-order valence-corrected chi connectivity index (χ2v) is 6.03. The van der Waals surface area contributed by atoms with Crippen molar-refractivity contribution in [2.75, 3.05) is 0 Å². The molecule has 3 nitrogen and oxygen atoms in total. The number of allylic oxidation sites excluding steroid dienone is 1. The molecule has 3 rings (SSSR count). The number of carbonyl (C=O) groups is 1. The average molecular weight is 360 g/mol. The molecule has 2 heterocycles. The maximum absolute atomic E-state index is 12.0. The highest BCUT2D eigenvalue weighted by molar-refractivity contribution is 9.10. The third-order valence-corrected chi connectivity index (χ3v) is 4.19. The third-order valence-electron chi connectivity index (χ3n) is 2.79. The molecule has 0 radical (unpaired) electrons. The lowest BCUT2D eigenvalue weighted by Gasteiger charge is -1.95. The number of nitrogens with zero attached hydrogens (tertiary/aromatic N) is 1. The Bertz CT molecular complexity index is 773. The number of rotatable bonds is 4. The van der Waals surface area contributed by atoms with E-state index in [1.807, 2.05) is 29.6 Å². The van der Waals surface area contributed by atoms with Gasteiger partial charge in [0.05, 0.1) is 12.0 Å². The molecule has 0 fully saturated rings. The van der Waals surface area contributed by atoms with E-state index < -0.39 is 0 Å². The molecule has 0 saturated carbocycles. The molecule has 0 aliphatic rings. The molecule has 3 aromatic rings. The Morgan fingerprint density at radius 3 is 2.76 bits per heavy atom. The number of hydrogen-bond donors (Lipinski definition) is 0. The minimum atomic E-state index is -0.0463. The van der Waals surface area contributed by atoms with E-state index in [0.717, 1.165) is 20.9 Å². The van der Waals surface area contributed by atoms with Crippen LogP contribution in [-0.2, 0) is 0 Å². The van der Waals surface area contributed by atoms with Crippen LogP contribution in [0, 0.1) is 0 Å². The summed E-state index contributed by atoms with van der Waals surface area (Å²) in [5.74, 6) is 0.689. The van der Waals surface area contributed by atoms with Crippen LogP contribution in [0.4, 0.5) is 0 Å². The first-order chi connectivity index (χ1) is 10.2. The summed E-state index contributed by atoms with van der Waals surface area (Å²) >= 11 is 4.83. The SMILES string of the molecule is O=C(/C=C/c1csc(-c2ccco2)n1)c1ccc(Br)cc1. The van der Waals surface area contributed by atoms with E-state index >= 15 is 0 Å². The first-order valence-corrected chi connectivity index (χ1v) is 7.87. The monoisotopic (exact) mass is 359 g/mol. The van der Waals surface area contributed by atoms with Crippen LogP contribution >= 0.6 is 27.3 Å². The summed E-state index contributed by atoms with van der Waals surface area (Å²) in [7, 11) is 0. The summed E-state index contributed by atoms with van der Waals surface area (Å²) < 4.78 is 6.24. The fourth-order valence-electron chi connectivity index (χ4n) is 1.75. The summed E-state index contributed by atoms with van der Waals surface area (Å²) in [4.78, 5) is 16.4. The van der Waals surface area contributed by atoms with Crippen LogP contribution in [0.15, 0.2) is 63.0 Å². The number of benzene rings is 1. The second-order valence-electron chi connectivity index (χ2n) is 4.26. The Hall–Kier alpha value is -1.98. The summed E-state index contributed by atoms with van der Waals surface area (Å²) in [6, 6.07) is 10.9. The molecular weight excluding hydrogens is 350 g/mol. The molecule has 2 aromatic heterocycles. The molecule has 0 N–H and O–H groups in total. The van der Waals surface area contributed by atoms with Gasteiger partial charge in [0.15, 0.2) is 16.6 Å². The molecule has 0 unspecified atom stereocenters. The topological polar surface area (TPSA) is 43.1 Å². The number of halogens is 1. The minimum absolute atomic E-state index is 0.0463. The van der Waals surface area contributed by atoms with Crippen molar-refractivity contribution in [2.24, 2.45) is 0 Å². The van der Waals surface area contributed by atoms with E-state index in [0.29, 0.717) is 5.56 Å². The summed E-state index contributed by atoms with van der Waals surface area (Å²) in [6.45, 7) is 0. The van der Waals surface area contributed by atoms with E-state index in [-0.39, 0.29) is 5.78 Å². The van der Waals surface area contributed by atoms with Gasteiger partial charge in [0.2, 0.25) is 0 Å². The van der Waals surface area contributed by atoms with Crippen LogP contribution in [0.3, 0.4) is 0 Å². The smallest absolute Gasteiger partial charge is 0.185 e. The molecule has 0 amide bonds. The van der Waals surface area contributed by atoms with Gasteiger partial charge in [-0.15, -0.1) is 11.3 Å². The van der Waals surface area contributed by atoms with Gasteiger partial charge in [0, 0.05) is 15.4 Å². The minimum Gasteiger partial charge on any atom is -0.462 e. The highest BCUT2D eigenvalue weighted by Gasteiger charge is 2.06. The van der Waals surface area contributed by atoms with E-state index in [2.05, 4.69) is 20.9 Å². The second kappa shape index (κ2) is 6.20. The zero-order chi connectivity index (χ0) is 14.7. The quantitative estimate of drug-likeness (QED) is 0.482. The molecule has 5 heteroatoms. The highest BCUT2D eigenvalue weighted by Crippen LogP contribution is 2.24. The summed E-state index contributed by atoms with van der Waals surface area (Å²) in [5, 5.41) is 2.69. The Kier molecular flexibility index (Phi) is 4.13. The Morgan fingerprint density at radius 1 is 1.24 bits per heavy atom. The first-order valence-electron chi connectivity index (χ1n) is 6.20. The Labute approximate surface area is 134 Å². The number of aromatic nitrogens is 1. The fourth-order valence-corrected chi connectivity index (χ4v) is 2.77. The van der Waals surface area contributed by atoms with Crippen molar-refractivity contribution in [1.29, 1.82) is 0 Å². The van der Waals surface area contributed by atoms with Crippen LogP contribution < -0.4 is 0 Å². The number of furan rings is 1. The summed E-state index contributed by atoms with van der Waals surface area (Å²) in [5.41, 5.74) is 1.40. The van der Waals surface area contributed by atoms with Crippen LogP contribution in [-0.4, -0.2) is 10.8 Å². The molecule has 0 bridgehead atoms. The van der Waals surface area contributed by atoms with Crippen molar-refractivity contribution in [3.05, 3.63) is 69.8 Å². The zero-order valence-corrected chi connectivity index (χ0v) is 13.2. The molecule has 0 saturated heterocycles. The van der Waals surface area contributed by atoms with Crippen LogP contribution in [0.2, 0.25) is 0 Å². The average Bonchev–Trinajstić information content (AvgIpc) is 3.16. The molecule has 0 spiro atoms. The maximum Gasteiger partial charge on any atom is 0.185 e. The van der Waals surface area contributed by atoms with Gasteiger partial charge in [-0.25, -0.2) is 4.98 Å². The van der Waals surface area contributed by atoms with Gasteiger partial charge in [0.25, 0.3) is 0 Å². The van der Waals surface area contributed by atoms with Crippen LogP contribution in [0.1, 0.15) is 16.1 Å². The van der Waals surface area contributed by atoms with Gasteiger partial charge >= 0.3 is 0 Å². The molecular formula is C16H10BrNO2S. The Balaban J connectivity index is 1.74. The standard InChI is InChI=1S/C16H10BrNO2S/c17-12-5-3-11(4-6-12)14(19)8-7-13-10-21-16(18-13)15-2-1-9-20-15/h1-10H/b8-7+. The molecule has 0 aliphatic carbocycles. The van der Waals surface area contributed by atoms with E-state index in [1.165, 1.54) is 17.4 Å². The molecule has 104 valence electrons. The lowest BCUT2D eigenvalue weighted by Crippen LogP contribution is -1.93. The molecule has 21 heavy (non-hydrogen) atoms. The van der Waals surface area contributed by atoms with E-state index in [1.54, 1.807) is 24.5 Å². The van der Waals surface area contributed by atoms with Crippen LogP contribution in [0.5, 0.6) is 0 Å². The van der Waals surface area contributed by atoms with Crippen molar-refractivity contribution >= 4 is 39.1 Å². The Morgan fingerprint density at radius 2 is 2.05 bits per heavy atom. The van der Waals surface area contributed by atoms with Crippen molar-refractivity contribution in [2.45, 2.75) is 0 Å². The lowest BCUT2D eigenvalue weighted by molar-refractivity contribution is 0.104. The number of hydrogen-bond acceptors (Lipinski definition) is 4. The first kappa shape index (κ1) is 14.0. The number of ketones is 1. The van der Waals surface area contributed by atoms with Gasteiger partial charge in [-0.3, -0.25) is 4.79 Å². The molecule has 0 aliphatic heterocycles. The predicted octanol–water partition coefficient (Wildman–Crippen LogP) is 5.06. The van der Waals surface area contributed by atoms with Gasteiger partial charge in [-0.1, -0.05) is 15.9 Å². The number of thiazole rings is 1. The molecule has 1 aromatic carbocycles. The van der Waals surface area contributed by atoms with Gasteiger partial charge in [-0.2, -0.15) is 0 Å². The predicted molar refractivity (Wildman–Crippen MR) is 87.3 cm³/mol. The molecule has 0 atom stereocenters. The van der Waals surface area contributed by atoms with Crippen molar-refractivity contribution in [3.63, 3.8) is 0 Å². The van der Waals surface area contributed by atoms with Crippen LogP contribution in [0.25, 0.3) is 16.8 Å². The van der Waals surface area contributed by atoms with Crippen molar-refractivity contribution in [3.8, 4) is 10.8 Å².